The summed E-state index contributed by atoms with van der Waals surface area (Å²) in [5.41, 5.74) is 7.84. The van der Waals surface area contributed by atoms with E-state index < -0.39 is 0 Å². The Morgan fingerprint density at radius 3 is 3.10 bits per heavy atom. The first-order valence-electron chi connectivity index (χ1n) is 7.77. The van der Waals surface area contributed by atoms with Crippen LogP contribution < -0.4 is 11.1 Å². The van der Waals surface area contributed by atoms with E-state index in [1.807, 2.05) is 4.90 Å². The molecule has 4 heterocycles. The van der Waals surface area contributed by atoms with Crippen LogP contribution in [0.25, 0.3) is 0 Å². The number of nitrogens with zero attached hydrogens (tertiary/aromatic N) is 4. The summed E-state index contributed by atoms with van der Waals surface area (Å²) in [5.74, 6) is 0.482. The number of piperazine rings is 1. The van der Waals surface area contributed by atoms with Gasteiger partial charge in [-0.2, -0.15) is 4.68 Å². The second-order valence-corrected chi connectivity index (χ2v) is 6.40. The zero-order valence-corrected chi connectivity index (χ0v) is 12.4. The number of carbonyl (C=O) groups excluding carboxylic acids is 1. The van der Waals surface area contributed by atoms with Crippen molar-refractivity contribution in [3.05, 3.63) is 11.3 Å². The molecular formula is C14H22N6O. The molecule has 0 aromatic carbocycles. The third-order valence-corrected chi connectivity index (χ3v) is 5.08. The summed E-state index contributed by atoms with van der Waals surface area (Å²) < 4.78 is 1.52. The zero-order valence-electron chi connectivity index (χ0n) is 12.4. The number of nitrogen functional groups attached to an aromatic ring is 1. The van der Waals surface area contributed by atoms with Gasteiger partial charge in [-0.25, -0.2) is 4.79 Å². The highest BCUT2D eigenvalue weighted by Crippen LogP contribution is 2.27. The predicted molar refractivity (Wildman–Crippen MR) is 78.7 cm³/mol. The molecule has 114 valence electrons. The van der Waals surface area contributed by atoms with Gasteiger partial charge in [0.1, 0.15) is 0 Å². The number of amides is 1. The fourth-order valence-corrected chi connectivity index (χ4v) is 3.92. The van der Waals surface area contributed by atoms with Gasteiger partial charge in [0, 0.05) is 43.8 Å². The Balaban J connectivity index is 1.61. The van der Waals surface area contributed by atoms with E-state index in [9.17, 15) is 4.79 Å². The average molecular weight is 290 g/mol. The minimum atomic E-state index is -0.0225. The van der Waals surface area contributed by atoms with Crippen molar-refractivity contribution in [1.29, 1.82) is 0 Å². The van der Waals surface area contributed by atoms with E-state index in [1.165, 1.54) is 24.1 Å². The lowest BCUT2D eigenvalue weighted by atomic mass is 10.1. The molecule has 3 aliphatic rings. The Morgan fingerprint density at radius 2 is 2.24 bits per heavy atom. The molecule has 0 spiro atoms. The molecule has 21 heavy (non-hydrogen) atoms. The molecule has 0 radical (unpaired) electrons. The van der Waals surface area contributed by atoms with Gasteiger partial charge in [0.15, 0.2) is 5.82 Å². The maximum absolute atomic E-state index is 12.9. The Bertz CT molecular complexity index is 582. The van der Waals surface area contributed by atoms with Crippen LogP contribution in [0.5, 0.6) is 0 Å². The quantitative estimate of drug-likeness (QED) is 0.714. The normalized spacial score (nSPS) is 28.7. The van der Waals surface area contributed by atoms with Crippen molar-refractivity contribution in [2.24, 2.45) is 0 Å². The van der Waals surface area contributed by atoms with Gasteiger partial charge in [-0.05, 0) is 26.3 Å². The highest BCUT2D eigenvalue weighted by Gasteiger charge is 2.38. The van der Waals surface area contributed by atoms with Crippen LogP contribution in [-0.2, 0) is 13.1 Å². The number of hydrogen-bond acceptors (Lipinski definition) is 5. The monoisotopic (exact) mass is 290 g/mol. The maximum atomic E-state index is 12.9. The van der Waals surface area contributed by atoms with Crippen molar-refractivity contribution in [3.63, 3.8) is 0 Å². The van der Waals surface area contributed by atoms with Crippen molar-refractivity contribution >= 4 is 11.8 Å². The molecule has 2 unspecified atom stereocenters. The van der Waals surface area contributed by atoms with Gasteiger partial charge >= 0.3 is 6.03 Å². The van der Waals surface area contributed by atoms with Crippen molar-refractivity contribution in [3.8, 4) is 0 Å². The topological polar surface area (TPSA) is 79.4 Å². The third kappa shape index (κ3) is 1.95. The summed E-state index contributed by atoms with van der Waals surface area (Å²) in [4.78, 5) is 17.4. The first-order valence-corrected chi connectivity index (χ1v) is 7.77. The van der Waals surface area contributed by atoms with Gasteiger partial charge in [0.25, 0.3) is 0 Å². The fourth-order valence-electron chi connectivity index (χ4n) is 3.92. The molecule has 0 bridgehead atoms. The van der Waals surface area contributed by atoms with Crippen LogP contribution in [0.3, 0.4) is 0 Å². The van der Waals surface area contributed by atoms with Crippen LogP contribution in [0.2, 0.25) is 0 Å². The Labute approximate surface area is 124 Å². The minimum absolute atomic E-state index is 0.0225. The maximum Gasteiger partial charge on any atom is 0.345 e. The van der Waals surface area contributed by atoms with Crippen molar-refractivity contribution in [2.45, 2.75) is 44.9 Å². The summed E-state index contributed by atoms with van der Waals surface area (Å²) in [6, 6.07) is 0.720. The highest BCUT2D eigenvalue weighted by molar-refractivity contribution is 5.78. The van der Waals surface area contributed by atoms with E-state index in [0.717, 1.165) is 24.3 Å². The summed E-state index contributed by atoms with van der Waals surface area (Å²) in [5, 5.41) is 7.51. The largest absolute Gasteiger partial charge is 0.382 e. The van der Waals surface area contributed by atoms with Crippen LogP contribution in [-0.4, -0.2) is 57.3 Å². The molecule has 2 atom stereocenters. The predicted octanol–water partition coefficient (Wildman–Crippen LogP) is 0.205. The van der Waals surface area contributed by atoms with Gasteiger partial charge in [-0.3, -0.25) is 4.90 Å². The summed E-state index contributed by atoms with van der Waals surface area (Å²) in [6.07, 6.45) is 2.44. The number of anilines is 1. The lowest BCUT2D eigenvalue weighted by molar-refractivity contribution is 0.0795. The molecule has 2 saturated heterocycles. The number of nitrogens with one attached hydrogen (secondary N) is 1. The molecule has 1 amide bonds. The van der Waals surface area contributed by atoms with Crippen LogP contribution in [0, 0.1) is 0 Å². The molecule has 1 aromatic heterocycles. The number of nitrogens with two attached hydrogens (primary N) is 1. The first kappa shape index (κ1) is 13.1. The number of aromatic nitrogens is 2. The van der Waals surface area contributed by atoms with Gasteiger partial charge in [-0.15, -0.1) is 5.10 Å². The van der Waals surface area contributed by atoms with E-state index in [1.54, 1.807) is 0 Å². The van der Waals surface area contributed by atoms with Gasteiger partial charge < -0.3 is 16.0 Å². The molecule has 1 aromatic rings. The van der Waals surface area contributed by atoms with E-state index in [4.69, 9.17) is 5.73 Å². The van der Waals surface area contributed by atoms with Crippen LogP contribution in [0.4, 0.5) is 10.6 Å². The molecule has 4 rings (SSSR count). The number of carbonyl (C=O) groups is 1. The molecular weight excluding hydrogens is 268 g/mol. The van der Waals surface area contributed by atoms with Crippen LogP contribution in [0.15, 0.2) is 0 Å². The Morgan fingerprint density at radius 1 is 1.38 bits per heavy atom. The fraction of sp³-hybridized carbons (Fsp3) is 0.714. The lowest BCUT2D eigenvalue weighted by Gasteiger charge is -2.42. The average Bonchev–Trinajstić information content (AvgIpc) is 3.15. The molecule has 3 N–H and O–H groups in total. The number of hydrogen-bond donors (Lipinski definition) is 2. The van der Waals surface area contributed by atoms with E-state index in [0.29, 0.717) is 24.9 Å². The lowest BCUT2D eigenvalue weighted by Crippen LogP contribution is -2.57. The molecule has 7 nitrogen and oxygen atoms in total. The molecule has 2 fully saturated rings. The third-order valence-electron chi connectivity index (χ3n) is 5.08. The second-order valence-electron chi connectivity index (χ2n) is 6.40. The highest BCUT2D eigenvalue weighted by atomic mass is 16.2. The van der Waals surface area contributed by atoms with Crippen molar-refractivity contribution in [2.75, 3.05) is 25.4 Å². The van der Waals surface area contributed by atoms with Gasteiger partial charge in [0.05, 0.1) is 5.69 Å². The van der Waals surface area contributed by atoms with Crippen LogP contribution in [0.1, 0.15) is 31.0 Å². The smallest absolute Gasteiger partial charge is 0.345 e. The van der Waals surface area contributed by atoms with E-state index >= 15 is 0 Å². The molecule has 3 aliphatic heterocycles. The molecule has 0 saturated carbocycles. The van der Waals surface area contributed by atoms with Crippen molar-refractivity contribution in [1.82, 2.24) is 24.9 Å². The number of rotatable bonds is 0. The zero-order chi connectivity index (χ0) is 14.6. The van der Waals surface area contributed by atoms with Crippen LogP contribution >= 0.6 is 0 Å². The molecule has 0 aliphatic carbocycles. The van der Waals surface area contributed by atoms with Gasteiger partial charge in [0.2, 0.25) is 0 Å². The SMILES string of the molecule is CC1CN2CCCC2CN1C(=O)n1nc(N)c2c1CNC2. The summed E-state index contributed by atoms with van der Waals surface area (Å²) >= 11 is 0. The first-order chi connectivity index (χ1) is 10.1. The van der Waals surface area contributed by atoms with Gasteiger partial charge in [-0.1, -0.05) is 0 Å². The standard InChI is InChI=1S/C14H22N6O/c1-9-7-18-4-2-3-10(18)8-19(9)14(21)20-12-6-16-5-11(12)13(15)17-20/h9-10,16H,2-8H2,1H3,(H2,15,17). The minimum Gasteiger partial charge on any atom is -0.382 e. The number of fused-ring (bicyclic) bond motifs is 2. The summed E-state index contributed by atoms with van der Waals surface area (Å²) in [6.45, 7) is 6.45. The van der Waals surface area contributed by atoms with E-state index in [2.05, 4.69) is 22.2 Å². The van der Waals surface area contributed by atoms with E-state index in [-0.39, 0.29) is 12.1 Å². The van der Waals surface area contributed by atoms with Crippen molar-refractivity contribution < 1.29 is 4.79 Å². The Hall–Kier alpha value is -1.60. The summed E-state index contributed by atoms with van der Waals surface area (Å²) in [7, 11) is 0. The second kappa shape index (κ2) is 4.71. The Kier molecular flexibility index (Phi) is 2.93. The molecule has 7 heteroatoms.